The van der Waals surface area contributed by atoms with E-state index in [0.717, 1.165) is 58.5 Å². The summed E-state index contributed by atoms with van der Waals surface area (Å²) in [6.45, 7) is 3.14. The SMILES string of the molecule is O=C(NCc1ccccc1)NCc1cccc(-c2cccc([C@@H]3O[C@H](CN4CC[C@H](O)C4)C[C@H](c4ccc(CO)cc4)O3)c2)c1. The first kappa shape index (κ1) is 31.0. The van der Waals surface area contributed by atoms with Crippen molar-refractivity contribution >= 4 is 6.03 Å². The molecule has 4 aromatic rings. The highest BCUT2D eigenvalue weighted by Crippen LogP contribution is 2.39. The number of β-amino-alcohol motifs (C(OH)–C–C–N with tert-alkyl or cyclic N) is 1. The number of likely N-dealkylation sites (tertiary alicyclic amines) is 1. The number of benzene rings is 4. The molecule has 2 aliphatic heterocycles. The fourth-order valence-electron chi connectivity index (χ4n) is 6.05. The van der Waals surface area contributed by atoms with Gasteiger partial charge in [-0.15, -0.1) is 0 Å². The molecule has 8 heteroatoms. The minimum Gasteiger partial charge on any atom is -0.392 e. The van der Waals surface area contributed by atoms with Crippen LogP contribution in [0.25, 0.3) is 11.1 Å². The Morgan fingerprint density at radius 3 is 2.22 bits per heavy atom. The largest absolute Gasteiger partial charge is 0.392 e. The zero-order valence-corrected chi connectivity index (χ0v) is 25.3. The summed E-state index contributed by atoms with van der Waals surface area (Å²) in [5, 5.41) is 25.4. The molecule has 0 radical (unpaired) electrons. The molecule has 2 saturated heterocycles. The second-order valence-corrected chi connectivity index (χ2v) is 11.9. The summed E-state index contributed by atoms with van der Waals surface area (Å²) in [5.41, 5.74) is 6.96. The maximum Gasteiger partial charge on any atom is 0.315 e. The number of carbonyl (C=O) groups is 1. The molecule has 45 heavy (non-hydrogen) atoms. The number of aliphatic hydroxyl groups excluding tert-OH is 2. The topological polar surface area (TPSA) is 103 Å². The van der Waals surface area contributed by atoms with E-state index < -0.39 is 6.29 Å². The second kappa shape index (κ2) is 14.8. The molecule has 0 bridgehead atoms. The van der Waals surface area contributed by atoms with Gasteiger partial charge in [0.05, 0.1) is 24.9 Å². The van der Waals surface area contributed by atoms with E-state index >= 15 is 0 Å². The molecule has 0 aliphatic carbocycles. The number of aliphatic hydroxyl groups is 2. The van der Waals surface area contributed by atoms with E-state index in [0.29, 0.717) is 26.1 Å². The summed E-state index contributed by atoms with van der Waals surface area (Å²) in [4.78, 5) is 14.7. The molecule has 6 rings (SSSR count). The quantitative estimate of drug-likeness (QED) is 0.191. The molecule has 4 atom stereocenters. The molecule has 8 nitrogen and oxygen atoms in total. The van der Waals surface area contributed by atoms with Crippen LogP contribution in [0.15, 0.2) is 103 Å². The van der Waals surface area contributed by atoms with Crippen LogP contribution in [0.4, 0.5) is 4.79 Å². The van der Waals surface area contributed by atoms with Crippen LogP contribution in [0.2, 0.25) is 0 Å². The van der Waals surface area contributed by atoms with E-state index in [1.807, 2.05) is 78.9 Å². The minimum atomic E-state index is -0.558. The number of carbonyl (C=O) groups excluding carboxylic acids is 1. The highest BCUT2D eigenvalue weighted by atomic mass is 16.7. The van der Waals surface area contributed by atoms with Gasteiger partial charge in [-0.2, -0.15) is 0 Å². The van der Waals surface area contributed by atoms with E-state index in [1.54, 1.807) is 0 Å². The van der Waals surface area contributed by atoms with Gasteiger partial charge >= 0.3 is 6.03 Å². The molecule has 0 aromatic heterocycles. The zero-order chi connectivity index (χ0) is 31.0. The predicted molar refractivity (Wildman–Crippen MR) is 173 cm³/mol. The Labute approximate surface area is 264 Å². The highest BCUT2D eigenvalue weighted by Gasteiger charge is 2.34. The van der Waals surface area contributed by atoms with Crippen molar-refractivity contribution in [2.75, 3.05) is 19.6 Å². The van der Waals surface area contributed by atoms with Crippen molar-refractivity contribution in [2.24, 2.45) is 0 Å². The van der Waals surface area contributed by atoms with Crippen LogP contribution in [-0.4, -0.2) is 53.0 Å². The van der Waals surface area contributed by atoms with E-state index in [-0.39, 0.29) is 30.9 Å². The van der Waals surface area contributed by atoms with Crippen LogP contribution in [-0.2, 0) is 29.2 Å². The first-order chi connectivity index (χ1) is 22.0. The molecule has 234 valence electrons. The Balaban J connectivity index is 1.14. The molecule has 2 heterocycles. The fourth-order valence-corrected chi connectivity index (χ4v) is 6.05. The van der Waals surface area contributed by atoms with Crippen molar-refractivity contribution in [1.82, 2.24) is 15.5 Å². The van der Waals surface area contributed by atoms with Crippen molar-refractivity contribution in [2.45, 2.75) is 57.1 Å². The Morgan fingerprint density at radius 1 is 0.778 bits per heavy atom. The van der Waals surface area contributed by atoms with Gasteiger partial charge < -0.3 is 30.3 Å². The maximum absolute atomic E-state index is 12.4. The van der Waals surface area contributed by atoms with Gasteiger partial charge in [0.15, 0.2) is 6.29 Å². The molecule has 0 unspecified atom stereocenters. The van der Waals surface area contributed by atoms with Crippen molar-refractivity contribution in [3.05, 3.63) is 131 Å². The predicted octanol–water partition coefficient (Wildman–Crippen LogP) is 5.46. The number of hydrogen-bond donors (Lipinski definition) is 4. The molecule has 2 fully saturated rings. The van der Waals surface area contributed by atoms with E-state index in [2.05, 4.69) is 39.8 Å². The standard InChI is InChI=1S/C37H41N3O5/c41-25-27-12-14-29(15-13-27)35-20-34(24-40-17-16-33(42)23-40)44-36(45-35)32-11-5-10-31(19-32)30-9-4-8-28(18-30)22-39-37(43)38-21-26-6-2-1-3-7-26/h1-15,18-19,33-36,41-42H,16-17,20-25H2,(H2,38,39,43)/t33-,34-,35+,36+/m0/s1. The third-order valence-electron chi connectivity index (χ3n) is 8.49. The lowest BCUT2D eigenvalue weighted by atomic mass is 9.98. The lowest BCUT2D eigenvalue weighted by Crippen LogP contribution is -2.38. The summed E-state index contributed by atoms with van der Waals surface area (Å²) in [6.07, 6.45) is 0.414. The number of ether oxygens (including phenoxy) is 2. The van der Waals surface area contributed by atoms with Gasteiger partial charge in [0.25, 0.3) is 0 Å². The summed E-state index contributed by atoms with van der Waals surface area (Å²) < 4.78 is 13.1. The second-order valence-electron chi connectivity index (χ2n) is 11.9. The monoisotopic (exact) mass is 607 g/mol. The summed E-state index contributed by atoms with van der Waals surface area (Å²) in [7, 11) is 0. The molecule has 2 aliphatic rings. The van der Waals surface area contributed by atoms with Gasteiger partial charge in [-0.1, -0.05) is 91.0 Å². The van der Waals surface area contributed by atoms with Gasteiger partial charge in [0, 0.05) is 44.7 Å². The van der Waals surface area contributed by atoms with Crippen LogP contribution in [0.5, 0.6) is 0 Å². The Bertz CT molecular complexity index is 1550. The normalized spacial score (nSPS) is 21.8. The number of rotatable bonds is 10. The zero-order valence-electron chi connectivity index (χ0n) is 25.3. The van der Waals surface area contributed by atoms with Crippen LogP contribution < -0.4 is 10.6 Å². The van der Waals surface area contributed by atoms with Crippen LogP contribution in [0.1, 0.15) is 53.1 Å². The Morgan fingerprint density at radius 2 is 1.49 bits per heavy atom. The third-order valence-corrected chi connectivity index (χ3v) is 8.49. The average molecular weight is 608 g/mol. The molecular formula is C37H41N3O5. The maximum atomic E-state index is 12.4. The smallest absolute Gasteiger partial charge is 0.315 e. The Hall–Kier alpha value is -4.05. The molecule has 0 saturated carbocycles. The number of nitrogens with one attached hydrogen (secondary N) is 2. The van der Waals surface area contributed by atoms with Gasteiger partial charge in [-0.05, 0) is 51.9 Å². The van der Waals surface area contributed by atoms with Crippen LogP contribution in [0, 0.1) is 0 Å². The highest BCUT2D eigenvalue weighted by molar-refractivity contribution is 5.74. The van der Waals surface area contributed by atoms with Gasteiger partial charge in [0.1, 0.15) is 0 Å². The van der Waals surface area contributed by atoms with Gasteiger partial charge in [-0.3, -0.25) is 4.90 Å². The molecule has 0 spiro atoms. The van der Waals surface area contributed by atoms with Crippen LogP contribution >= 0.6 is 0 Å². The molecular weight excluding hydrogens is 566 g/mol. The molecule has 4 N–H and O–H groups in total. The number of amides is 2. The first-order valence-electron chi connectivity index (χ1n) is 15.7. The fraction of sp³-hybridized carbons (Fsp3) is 0.324. The van der Waals surface area contributed by atoms with Crippen molar-refractivity contribution in [3.8, 4) is 11.1 Å². The number of nitrogens with zero attached hydrogens (tertiary/aromatic N) is 1. The number of urea groups is 1. The first-order valence-corrected chi connectivity index (χ1v) is 15.7. The minimum absolute atomic E-state index is 0.00294. The molecule has 4 aromatic carbocycles. The molecule has 2 amide bonds. The average Bonchev–Trinajstić information content (AvgIpc) is 3.50. The van der Waals surface area contributed by atoms with E-state index in [1.165, 1.54) is 0 Å². The van der Waals surface area contributed by atoms with Gasteiger partial charge in [0.2, 0.25) is 0 Å². The van der Waals surface area contributed by atoms with Gasteiger partial charge in [-0.25, -0.2) is 4.79 Å². The van der Waals surface area contributed by atoms with Crippen LogP contribution in [0.3, 0.4) is 0 Å². The lowest BCUT2D eigenvalue weighted by Gasteiger charge is -2.38. The summed E-state index contributed by atoms with van der Waals surface area (Å²) >= 11 is 0. The summed E-state index contributed by atoms with van der Waals surface area (Å²) in [6, 6.07) is 33.9. The van der Waals surface area contributed by atoms with E-state index in [9.17, 15) is 15.0 Å². The third kappa shape index (κ3) is 8.36. The van der Waals surface area contributed by atoms with E-state index in [4.69, 9.17) is 9.47 Å². The lowest BCUT2D eigenvalue weighted by molar-refractivity contribution is -0.252. The van der Waals surface area contributed by atoms with Crippen molar-refractivity contribution in [3.63, 3.8) is 0 Å². The number of hydrogen-bond acceptors (Lipinski definition) is 6. The Kier molecular flexibility index (Phi) is 10.2. The summed E-state index contributed by atoms with van der Waals surface area (Å²) in [5.74, 6) is 0. The van der Waals surface area contributed by atoms with Crippen molar-refractivity contribution in [1.29, 1.82) is 0 Å². The van der Waals surface area contributed by atoms with Crippen molar-refractivity contribution < 1.29 is 24.5 Å².